The van der Waals surface area contributed by atoms with Gasteiger partial charge in [0.15, 0.2) is 5.69 Å². The van der Waals surface area contributed by atoms with Gasteiger partial charge in [-0.2, -0.15) is 5.10 Å². The van der Waals surface area contributed by atoms with Crippen LogP contribution in [0, 0.1) is 26.7 Å². The fourth-order valence-electron chi connectivity index (χ4n) is 3.13. The molecule has 0 saturated carbocycles. The molecule has 3 rings (SSSR count). The third-order valence-corrected chi connectivity index (χ3v) is 4.77. The highest BCUT2D eigenvalue weighted by molar-refractivity contribution is 5.93. The molecule has 1 N–H and O–H groups in total. The van der Waals surface area contributed by atoms with E-state index in [0.717, 1.165) is 11.3 Å². The highest BCUT2D eigenvalue weighted by atomic mass is 16.4. The van der Waals surface area contributed by atoms with Gasteiger partial charge in [-0.05, 0) is 49.4 Å². The molecule has 2 heterocycles. The Labute approximate surface area is 165 Å². The number of carbonyl (C=O) groups excluding carboxylic acids is 1. The van der Waals surface area contributed by atoms with Crippen LogP contribution in [0.1, 0.15) is 59.7 Å². The third-order valence-electron chi connectivity index (χ3n) is 4.77. The lowest BCUT2D eigenvalue weighted by Crippen LogP contribution is -2.30. The van der Waals surface area contributed by atoms with E-state index in [4.69, 9.17) is 4.42 Å². The first kappa shape index (κ1) is 19.8. The lowest BCUT2D eigenvalue weighted by Gasteiger charge is -2.16. The molecule has 0 aliphatic carbocycles. The minimum atomic E-state index is -0.347. The Morgan fingerprint density at radius 2 is 1.89 bits per heavy atom. The summed E-state index contributed by atoms with van der Waals surface area (Å²) in [6.07, 6.45) is 0.699. The van der Waals surface area contributed by atoms with Crippen LogP contribution in [0.25, 0.3) is 11.3 Å². The number of hydrogen-bond donors (Lipinski definition) is 1. The van der Waals surface area contributed by atoms with Gasteiger partial charge in [-0.3, -0.25) is 9.48 Å². The number of nitrogens with zero attached hydrogens (tertiary/aromatic N) is 4. The molecule has 0 radical (unpaired) electrons. The quantitative estimate of drug-likeness (QED) is 0.699. The molecular weight excluding hydrogens is 354 g/mol. The standard InChI is InChI=1S/C21H27N5O2/c1-12(2)9-18(21-24-23-15(5)28-21)22-20(27)17-11-19(26(6)25-17)16-8-7-13(3)14(4)10-16/h7-8,10-12,18H,9H2,1-6H3,(H,22,27). The normalized spacial score (nSPS) is 12.4. The molecule has 0 saturated heterocycles. The van der Waals surface area contributed by atoms with E-state index in [1.54, 1.807) is 11.6 Å². The van der Waals surface area contributed by atoms with Gasteiger partial charge < -0.3 is 9.73 Å². The number of aromatic nitrogens is 4. The Hall–Kier alpha value is -2.96. The van der Waals surface area contributed by atoms with E-state index in [1.165, 1.54) is 11.1 Å². The van der Waals surface area contributed by atoms with Gasteiger partial charge >= 0.3 is 0 Å². The van der Waals surface area contributed by atoms with Gasteiger partial charge in [0.05, 0.1) is 5.69 Å². The van der Waals surface area contributed by atoms with Gasteiger partial charge in [-0.15, -0.1) is 10.2 Å². The van der Waals surface area contributed by atoms with E-state index in [9.17, 15) is 4.79 Å². The minimum absolute atomic E-state index is 0.257. The molecule has 7 heteroatoms. The summed E-state index contributed by atoms with van der Waals surface area (Å²) in [5.74, 6) is 0.997. The molecule has 148 valence electrons. The van der Waals surface area contributed by atoms with E-state index < -0.39 is 0 Å². The summed E-state index contributed by atoms with van der Waals surface area (Å²) < 4.78 is 7.27. The largest absolute Gasteiger partial charge is 0.423 e. The van der Waals surface area contributed by atoms with E-state index in [0.29, 0.717) is 29.8 Å². The molecule has 1 unspecified atom stereocenters. The van der Waals surface area contributed by atoms with Crippen LogP contribution < -0.4 is 5.32 Å². The van der Waals surface area contributed by atoms with Gasteiger partial charge in [0.1, 0.15) is 6.04 Å². The molecular formula is C21H27N5O2. The topological polar surface area (TPSA) is 85.8 Å². The van der Waals surface area contributed by atoms with E-state index in [2.05, 4.69) is 60.4 Å². The van der Waals surface area contributed by atoms with Crippen molar-refractivity contribution in [2.24, 2.45) is 13.0 Å². The van der Waals surface area contributed by atoms with E-state index in [1.807, 2.05) is 19.2 Å². The smallest absolute Gasteiger partial charge is 0.272 e. The lowest BCUT2D eigenvalue weighted by atomic mass is 10.0. The van der Waals surface area contributed by atoms with Crippen LogP contribution in [0.3, 0.4) is 0 Å². The first-order chi connectivity index (χ1) is 13.2. The number of benzene rings is 1. The maximum atomic E-state index is 12.9. The van der Waals surface area contributed by atoms with E-state index >= 15 is 0 Å². The summed E-state index contributed by atoms with van der Waals surface area (Å²) in [7, 11) is 1.84. The number of amides is 1. The molecule has 0 spiro atoms. The highest BCUT2D eigenvalue weighted by Gasteiger charge is 2.24. The van der Waals surface area contributed by atoms with Crippen LogP contribution >= 0.6 is 0 Å². The zero-order valence-electron chi connectivity index (χ0n) is 17.3. The van der Waals surface area contributed by atoms with Crippen molar-refractivity contribution in [3.05, 3.63) is 52.9 Å². The van der Waals surface area contributed by atoms with Crippen LogP contribution in [0.2, 0.25) is 0 Å². The second-order valence-corrected chi connectivity index (χ2v) is 7.65. The van der Waals surface area contributed by atoms with Crippen molar-refractivity contribution in [2.45, 2.75) is 47.1 Å². The summed E-state index contributed by atoms with van der Waals surface area (Å²) in [5, 5.41) is 15.4. The second-order valence-electron chi connectivity index (χ2n) is 7.65. The number of nitrogens with one attached hydrogen (secondary N) is 1. The van der Waals surface area contributed by atoms with E-state index in [-0.39, 0.29) is 11.9 Å². The molecule has 0 aliphatic rings. The van der Waals surface area contributed by atoms with Crippen LogP contribution in [0.15, 0.2) is 28.7 Å². The van der Waals surface area contributed by atoms with Crippen molar-refractivity contribution >= 4 is 5.91 Å². The summed E-state index contributed by atoms with van der Waals surface area (Å²) in [6, 6.07) is 7.69. The summed E-state index contributed by atoms with van der Waals surface area (Å²) >= 11 is 0. The van der Waals surface area contributed by atoms with Gasteiger partial charge in [-0.25, -0.2) is 0 Å². The van der Waals surface area contributed by atoms with Crippen molar-refractivity contribution in [2.75, 3.05) is 0 Å². The predicted molar refractivity (Wildman–Crippen MR) is 107 cm³/mol. The Morgan fingerprint density at radius 3 is 2.50 bits per heavy atom. The molecule has 0 bridgehead atoms. The van der Waals surface area contributed by atoms with Crippen molar-refractivity contribution in [1.82, 2.24) is 25.3 Å². The zero-order valence-corrected chi connectivity index (χ0v) is 17.3. The zero-order chi connectivity index (χ0) is 20.4. The molecule has 1 atom stereocenters. The maximum absolute atomic E-state index is 12.9. The Kier molecular flexibility index (Phi) is 5.63. The Balaban J connectivity index is 1.84. The first-order valence-electron chi connectivity index (χ1n) is 9.47. The molecule has 2 aromatic heterocycles. The number of hydrogen-bond acceptors (Lipinski definition) is 5. The predicted octanol–water partition coefficient (Wildman–Crippen LogP) is 3.91. The lowest BCUT2D eigenvalue weighted by molar-refractivity contribution is 0.0918. The van der Waals surface area contributed by atoms with Crippen molar-refractivity contribution in [1.29, 1.82) is 0 Å². The molecule has 1 aromatic carbocycles. The van der Waals surface area contributed by atoms with Crippen LogP contribution in [-0.4, -0.2) is 25.9 Å². The monoisotopic (exact) mass is 381 g/mol. The number of carbonyl (C=O) groups is 1. The molecule has 1 amide bonds. The van der Waals surface area contributed by atoms with Crippen LogP contribution in [-0.2, 0) is 7.05 Å². The van der Waals surface area contributed by atoms with Crippen molar-refractivity contribution in [3.63, 3.8) is 0 Å². The molecule has 7 nitrogen and oxygen atoms in total. The van der Waals surface area contributed by atoms with Gasteiger partial charge in [0.2, 0.25) is 11.8 Å². The van der Waals surface area contributed by atoms with Gasteiger partial charge in [-0.1, -0.05) is 26.0 Å². The highest BCUT2D eigenvalue weighted by Crippen LogP contribution is 2.24. The van der Waals surface area contributed by atoms with Crippen LogP contribution in [0.4, 0.5) is 0 Å². The summed E-state index contributed by atoms with van der Waals surface area (Å²) in [5.41, 5.74) is 4.72. The minimum Gasteiger partial charge on any atom is -0.423 e. The number of rotatable bonds is 6. The maximum Gasteiger partial charge on any atom is 0.272 e. The van der Waals surface area contributed by atoms with Crippen molar-refractivity contribution in [3.8, 4) is 11.3 Å². The third kappa shape index (κ3) is 4.30. The van der Waals surface area contributed by atoms with Gasteiger partial charge in [0, 0.05) is 19.5 Å². The fourth-order valence-corrected chi connectivity index (χ4v) is 3.13. The van der Waals surface area contributed by atoms with Crippen molar-refractivity contribution < 1.29 is 9.21 Å². The molecule has 0 aliphatic heterocycles. The Bertz CT molecular complexity index is 987. The molecule has 28 heavy (non-hydrogen) atoms. The average molecular weight is 381 g/mol. The SMILES string of the molecule is Cc1nnc(C(CC(C)C)NC(=O)c2cc(-c3ccc(C)c(C)c3)n(C)n2)o1. The van der Waals surface area contributed by atoms with Gasteiger partial charge in [0.25, 0.3) is 5.91 Å². The average Bonchev–Trinajstić information content (AvgIpc) is 3.22. The number of aryl methyl sites for hydroxylation is 4. The second kappa shape index (κ2) is 7.96. The molecule has 0 fully saturated rings. The summed E-state index contributed by atoms with van der Waals surface area (Å²) in [6.45, 7) is 10.1. The summed E-state index contributed by atoms with van der Waals surface area (Å²) in [4.78, 5) is 12.9. The molecule has 3 aromatic rings. The fraction of sp³-hybridized carbons (Fsp3) is 0.429. The first-order valence-corrected chi connectivity index (χ1v) is 9.47. The Morgan fingerprint density at radius 1 is 1.14 bits per heavy atom. The van der Waals surface area contributed by atoms with Crippen LogP contribution in [0.5, 0.6) is 0 Å².